The van der Waals surface area contributed by atoms with Gasteiger partial charge in [-0.05, 0) is 37.1 Å². The molecule has 6 heteroatoms. The molecule has 142 valence electrons. The molecule has 0 spiro atoms. The van der Waals surface area contributed by atoms with Gasteiger partial charge >= 0.3 is 0 Å². The van der Waals surface area contributed by atoms with Crippen LogP contribution in [0.15, 0.2) is 58.8 Å². The van der Waals surface area contributed by atoms with Crippen LogP contribution in [-0.2, 0) is 13.6 Å². The summed E-state index contributed by atoms with van der Waals surface area (Å²) in [5.41, 5.74) is 3.29. The van der Waals surface area contributed by atoms with Crippen LogP contribution in [0.2, 0.25) is 0 Å². The van der Waals surface area contributed by atoms with Gasteiger partial charge in [0.1, 0.15) is 10.7 Å². The molecule has 4 heterocycles. The Hall–Kier alpha value is -2.70. The Balaban J connectivity index is 1.48. The summed E-state index contributed by atoms with van der Waals surface area (Å²) in [6.45, 7) is 1.69. The Kier molecular flexibility index (Phi) is 4.37. The fourth-order valence-corrected chi connectivity index (χ4v) is 5.23. The molecule has 1 fully saturated rings. The third-order valence-electron chi connectivity index (χ3n) is 5.62. The van der Waals surface area contributed by atoms with Crippen molar-refractivity contribution < 1.29 is 0 Å². The van der Waals surface area contributed by atoms with E-state index in [1.807, 2.05) is 35.7 Å². The van der Waals surface area contributed by atoms with Crippen LogP contribution in [0.1, 0.15) is 30.4 Å². The zero-order valence-corrected chi connectivity index (χ0v) is 16.6. The molecule has 1 aliphatic rings. The predicted octanol–water partition coefficient (Wildman–Crippen LogP) is 4.33. The maximum atomic E-state index is 12.9. The second kappa shape index (κ2) is 7.04. The lowest BCUT2D eigenvalue weighted by molar-refractivity contribution is 0.235. The van der Waals surface area contributed by atoms with E-state index in [4.69, 9.17) is 4.98 Å². The maximum Gasteiger partial charge on any atom is 0.260 e. The Bertz CT molecular complexity index is 1170. The highest BCUT2D eigenvalue weighted by Crippen LogP contribution is 2.34. The van der Waals surface area contributed by atoms with Gasteiger partial charge in [-0.1, -0.05) is 30.3 Å². The van der Waals surface area contributed by atoms with Gasteiger partial charge in [0.25, 0.3) is 5.56 Å². The first kappa shape index (κ1) is 17.4. The molecule has 0 saturated carbocycles. The van der Waals surface area contributed by atoms with E-state index >= 15 is 0 Å². The highest BCUT2D eigenvalue weighted by molar-refractivity contribution is 7.17. The Morgan fingerprint density at radius 3 is 2.86 bits per heavy atom. The predicted molar refractivity (Wildman–Crippen MR) is 113 cm³/mol. The molecule has 1 aromatic carbocycles. The van der Waals surface area contributed by atoms with Gasteiger partial charge in [-0.25, -0.2) is 4.98 Å². The van der Waals surface area contributed by atoms with E-state index in [0.717, 1.165) is 34.7 Å². The number of nitrogens with one attached hydrogen (secondary N) is 1. The molecule has 1 saturated heterocycles. The van der Waals surface area contributed by atoms with E-state index in [9.17, 15) is 4.79 Å². The van der Waals surface area contributed by atoms with Gasteiger partial charge in [-0.3, -0.25) is 9.69 Å². The second-order valence-corrected chi connectivity index (χ2v) is 8.24. The van der Waals surface area contributed by atoms with Crippen LogP contribution in [-0.4, -0.2) is 26.0 Å². The normalized spacial score (nSPS) is 17.5. The zero-order valence-electron chi connectivity index (χ0n) is 15.8. The monoisotopic (exact) mass is 390 g/mol. The van der Waals surface area contributed by atoms with E-state index < -0.39 is 0 Å². The van der Waals surface area contributed by atoms with Gasteiger partial charge < -0.3 is 9.55 Å². The molecule has 0 unspecified atom stereocenters. The number of aromatic amines is 1. The number of benzene rings is 1. The summed E-state index contributed by atoms with van der Waals surface area (Å²) < 4.78 is 2.19. The minimum atomic E-state index is -0.0466. The minimum absolute atomic E-state index is 0.0466. The molecule has 4 aromatic rings. The zero-order chi connectivity index (χ0) is 19.1. The summed E-state index contributed by atoms with van der Waals surface area (Å²) >= 11 is 1.54. The van der Waals surface area contributed by atoms with Crippen molar-refractivity contribution in [3.8, 4) is 11.1 Å². The number of hydrogen-bond donors (Lipinski definition) is 1. The Morgan fingerprint density at radius 2 is 2.07 bits per heavy atom. The lowest BCUT2D eigenvalue weighted by atomic mass is 10.1. The molecule has 1 N–H and O–H groups in total. The largest absolute Gasteiger partial charge is 0.353 e. The van der Waals surface area contributed by atoms with Crippen LogP contribution in [0, 0.1) is 0 Å². The van der Waals surface area contributed by atoms with Crippen molar-refractivity contribution >= 4 is 21.6 Å². The molecular formula is C22H22N4OS. The van der Waals surface area contributed by atoms with E-state index in [1.54, 1.807) is 11.3 Å². The van der Waals surface area contributed by atoms with Crippen LogP contribution in [0.3, 0.4) is 0 Å². The Morgan fingerprint density at radius 1 is 1.21 bits per heavy atom. The highest BCUT2D eigenvalue weighted by Gasteiger charge is 2.28. The van der Waals surface area contributed by atoms with Crippen LogP contribution in [0.4, 0.5) is 0 Å². The molecule has 28 heavy (non-hydrogen) atoms. The maximum absolute atomic E-state index is 12.9. The SMILES string of the molecule is Cn1cccc1[C@@H]1CCCN1Cc1nc2scc(-c3ccccc3)c2c(=O)[nH]1. The molecule has 1 aliphatic heterocycles. The average molecular weight is 391 g/mol. The molecule has 0 aliphatic carbocycles. The van der Waals surface area contributed by atoms with Crippen molar-refractivity contribution in [1.82, 2.24) is 19.4 Å². The summed E-state index contributed by atoms with van der Waals surface area (Å²) in [4.78, 5) is 24.0. The molecule has 5 nitrogen and oxygen atoms in total. The van der Waals surface area contributed by atoms with Crippen molar-refractivity contribution in [3.63, 3.8) is 0 Å². The number of aryl methyl sites for hydroxylation is 1. The minimum Gasteiger partial charge on any atom is -0.353 e. The number of nitrogens with zero attached hydrogens (tertiary/aromatic N) is 3. The van der Waals surface area contributed by atoms with Crippen LogP contribution in [0.5, 0.6) is 0 Å². The number of aromatic nitrogens is 3. The number of H-pyrrole nitrogens is 1. The third kappa shape index (κ3) is 2.99. The number of rotatable bonds is 4. The first-order chi connectivity index (χ1) is 13.7. The molecule has 1 atom stereocenters. The van der Waals surface area contributed by atoms with Gasteiger partial charge in [0.2, 0.25) is 0 Å². The van der Waals surface area contributed by atoms with Crippen molar-refractivity contribution in [3.05, 3.63) is 75.9 Å². The quantitative estimate of drug-likeness (QED) is 0.564. The molecule has 0 radical (unpaired) electrons. The van der Waals surface area contributed by atoms with Crippen LogP contribution >= 0.6 is 11.3 Å². The summed E-state index contributed by atoms with van der Waals surface area (Å²) in [7, 11) is 2.09. The van der Waals surface area contributed by atoms with E-state index in [1.165, 1.54) is 12.1 Å². The van der Waals surface area contributed by atoms with Crippen LogP contribution in [0.25, 0.3) is 21.3 Å². The van der Waals surface area contributed by atoms with Gasteiger partial charge in [-0.2, -0.15) is 0 Å². The van der Waals surface area contributed by atoms with Crippen molar-refractivity contribution in [2.75, 3.05) is 6.54 Å². The molecule has 5 rings (SSSR count). The van der Waals surface area contributed by atoms with Crippen LogP contribution < -0.4 is 5.56 Å². The Labute approximate surface area is 167 Å². The first-order valence-electron chi connectivity index (χ1n) is 9.62. The summed E-state index contributed by atoms with van der Waals surface area (Å²) in [5.74, 6) is 0.750. The lowest BCUT2D eigenvalue weighted by Crippen LogP contribution is -2.26. The van der Waals surface area contributed by atoms with Crippen molar-refractivity contribution in [2.45, 2.75) is 25.4 Å². The molecular weight excluding hydrogens is 368 g/mol. The molecule has 0 bridgehead atoms. The van der Waals surface area contributed by atoms with Gasteiger partial charge in [0, 0.05) is 29.9 Å². The third-order valence-corrected chi connectivity index (χ3v) is 6.49. The topological polar surface area (TPSA) is 53.9 Å². The summed E-state index contributed by atoms with van der Waals surface area (Å²) in [5, 5.41) is 2.73. The fourth-order valence-electron chi connectivity index (χ4n) is 4.26. The fraction of sp³-hybridized carbons (Fsp3) is 0.273. The molecule has 0 amide bonds. The smallest absolute Gasteiger partial charge is 0.260 e. The van der Waals surface area contributed by atoms with Gasteiger partial charge in [0.05, 0.1) is 18.0 Å². The lowest BCUT2D eigenvalue weighted by Gasteiger charge is -2.24. The molecule has 3 aromatic heterocycles. The van der Waals surface area contributed by atoms with Gasteiger partial charge in [-0.15, -0.1) is 11.3 Å². The number of thiophene rings is 1. The van der Waals surface area contributed by atoms with Crippen molar-refractivity contribution in [1.29, 1.82) is 0 Å². The standard InChI is InChI=1S/C22H22N4OS/c1-25-11-5-9-17(25)18-10-6-12-26(18)13-19-23-21(27)20-16(14-28-22(20)24-19)15-7-3-2-4-8-15/h2-5,7-9,11,14,18H,6,10,12-13H2,1H3,(H,23,24,27)/t18-/m0/s1. The summed E-state index contributed by atoms with van der Waals surface area (Å²) in [6.07, 6.45) is 4.40. The number of fused-ring (bicyclic) bond motifs is 1. The average Bonchev–Trinajstić information content (AvgIpc) is 3.42. The van der Waals surface area contributed by atoms with Crippen molar-refractivity contribution in [2.24, 2.45) is 7.05 Å². The highest BCUT2D eigenvalue weighted by atomic mass is 32.1. The van der Waals surface area contributed by atoms with Gasteiger partial charge in [0.15, 0.2) is 0 Å². The second-order valence-electron chi connectivity index (χ2n) is 7.38. The van der Waals surface area contributed by atoms with E-state index in [2.05, 4.69) is 39.8 Å². The van der Waals surface area contributed by atoms with E-state index in [0.29, 0.717) is 18.0 Å². The number of hydrogen-bond acceptors (Lipinski definition) is 4. The number of likely N-dealkylation sites (tertiary alicyclic amines) is 1. The first-order valence-corrected chi connectivity index (χ1v) is 10.5. The summed E-state index contributed by atoms with van der Waals surface area (Å²) in [6, 6.07) is 14.7. The van der Waals surface area contributed by atoms with E-state index in [-0.39, 0.29) is 5.56 Å².